The van der Waals surface area contributed by atoms with E-state index in [9.17, 15) is 20.0 Å². The second kappa shape index (κ2) is 7.64. The number of nitrogens with one attached hydrogen (secondary N) is 1. The number of hydrogen-bond donors (Lipinski definition) is 1. The monoisotopic (exact) mass is 359 g/mol. The van der Waals surface area contributed by atoms with Gasteiger partial charge in [0.2, 0.25) is 0 Å². The second-order valence-corrected chi connectivity index (χ2v) is 5.44. The van der Waals surface area contributed by atoms with Crippen molar-refractivity contribution in [1.82, 2.24) is 0 Å². The van der Waals surface area contributed by atoms with Crippen LogP contribution in [0.3, 0.4) is 0 Å². The van der Waals surface area contributed by atoms with E-state index in [1.54, 1.807) is 24.3 Å². The summed E-state index contributed by atoms with van der Waals surface area (Å²) in [5.74, 6) is -2.09. The first-order chi connectivity index (χ1) is 11.4. The first kappa shape index (κ1) is 17.5. The van der Waals surface area contributed by atoms with Crippen LogP contribution >= 0.6 is 23.2 Å². The summed E-state index contributed by atoms with van der Waals surface area (Å²) in [6.07, 6.45) is 1.27. The van der Waals surface area contributed by atoms with Crippen LogP contribution in [0, 0.1) is 11.3 Å². The number of rotatable bonds is 4. The molecule has 0 unspecified atom stereocenters. The Bertz CT molecular complexity index is 865. The molecular formula is C17H9Cl2N2O3-. The summed E-state index contributed by atoms with van der Waals surface area (Å²) >= 11 is 12.0. The van der Waals surface area contributed by atoms with Gasteiger partial charge in [-0.1, -0.05) is 41.4 Å². The van der Waals surface area contributed by atoms with E-state index >= 15 is 0 Å². The molecule has 0 saturated heterocycles. The fourth-order valence-corrected chi connectivity index (χ4v) is 2.37. The SMILES string of the molecule is N#C/C(=C\c1c(Cl)cccc1Cl)C(=O)Nc1cccc(C(=O)[O-])c1. The predicted octanol–water partition coefficient (Wildman–Crippen LogP) is 2.90. The highest BCUT2D eigenvalue weighted by Gasteiger charge is 2.12. The normalized spacial score (nSPS) is 10.8. The van der Waals surface area contributed by atoms with E-state index in [1.807, 2.05) is 0 Å². The first-order valence-electron chi connectivity index (χ1n) is 6.61. The number of hydrogen-bond acceptors (Lipinski definition) is 4. The molecule has 1 N–H and O–H groups in total. The number of aromatic carboxylic acids is 1. The van der Waals surface area contributed by atoms with E-state index in [1.165, 1.54) is 30.3 Å². The molecule has 2 rings (SSSR count). The highest BCUT2D eigenvalue weighted by Crippen LogP contribution is 2.26. The summed E-state index contributed by atoms with van der Waals surface area (Å²) in [6.45, 7) is 0. The minimum Gasteiger partial charge on any atom is -0.545 e. The number of carbonyl (C=O) groups is 2. The molecule has 0 aliphatic heterocycles. The van der Waals surface area contributed by atoms with Crippen molar-refractivity contribution in [3.8, 4) is 6.07 Å². The lowest BCUT2D eigenvalue weighted by atomic mass is 10.1. The molecule has 0 fully saturated rings. The maximum Gasteiger partial charge on any atom is 0.266 e. The summed E-state index contributed by atoms with van der Waals surface area (Å²) < 4.78 is 0. The molecule has 120 valence electrons. The van der Waals surface area contributed by atoms with Crippen molar-refractivity contribution in [2.24, 2.45) is 0 Å². The van der Waals surface area contributed by atoms with Crippen LogP contribution in [0.1, 0.15) is 15.9 Å². The molecule has 0 spiro atoms. The molecule has 24 heavy (non-hydrogen) atoms. The van der Waals surface area contributed by atoms with Gasteiger partial charge in [-0.05, 0) is 35.9 Å². The Hall–Kier alpha value is -2.81. The quantitative estimate of drug-likeness (QED) is 0.670. The fourth-order valence-electron chi connectivity index (χ4n) is 1.86. The highest BCUT2D eigenvalue weighted by molar-refractivity contribution is 6.37. The molecule has 0 aromatic heterocycles. The number of halogens is 2. The number of carboxylic acid groups (broad SMARTS) is 1. The first-order valence-corrected chi connectivity index (χ1v) is 7.36. The molecule has 2 aromatic carbocycles. The van der Waals surface area contributed by atoms with Crippen LogP contribution in [0.25, 0.3) is 6.08 Å². The number of amides is 1. The zero-order chi connectivity index (χ0) is 17.7. The Labute approximate surface area is 147 Å². The number of anilines is 1. The number of benzene rings is 2. The van der Waals surface area contributed by atoms with Crippen LogP contribution in [-0.4, -0.2) is 11.9 Å². The van der Waals surface area contributed by atoms with Gasteiger partial charge in [-0.15, -0.1) is 0 Å². The largest absolute Gasteiger partial charge is 0.545 e. The maximum absolute atomic E-state index is 12.2. The number of carboxylic acids is 1. The molecule has 0 aliphatic rings. The zero-order valence-electron chi connectivity index (χ0n) is 12.0. The highest BCUT2D eigenvalue weighted by atomic mass is 35.5. The summed E-state index contributed by atoms with van der Waals surface area (Å²) in [4.78, 5) is 23.0. The van der Waals surface area contributed by atoms with E-state index < -0.39 is 11.9 Å². The smallest absolute Gasteiger partial charge is 0.266 e. The van der Waals surface area contributed by atoms with Gasteiger partial charge >= 0.3 is 0 Å². The molecule has 0 atom stereocenters. The molecule has 7 heteroatoms. The van der Waals surface area contributed by atoms with Crippen molar-refractivity contribution < 1.29 is 14.7 Å². The van der Waals surface area contributed by atoms with Gasteiger partial charge in [0.05, 0.1) is 5.97 Å². The van der Waals surface area contributed by atoms with Gasteiger partial charge < -0.3 is 15.2 Å². The minimum atomic E-state index is -1.37. The van der Waals surface area contributed by atoms with Crippen LogP contribution in [0.15, 0.2) is 48.0 Å². The molecule has 0 radical (unpaired) electrons. The summed E-state index contributed by atoms with van der Waals surface area (Å²) in [5.41, 5.74) is 0.234. The molecule has 5 nitrogen and oxygen atoms in total. The average Bonchev–Trinajstić information content (AvgIpc) is 2.54. The maximum atomic E-state index is 12.2. The lowest BCUT2D eigenvalue weighted by Gasteiger charge is -2.08. The zero-order valence-corrected chi connectivity index (χ0v) is 13.6. The number of nitriles is 1. The third-order valence-corrected chi connectivity index (χ3v) is 3.67. The lowest BCUT2D eigenvalue weighted by molar-refractivity contribution is -0.255. The van der Waals surface area contributed by atoms with Crippen LogP contribution in [0.4, 0.5) is 5.69 Å². The number of carbonyl (C=O) groups excluding carboxylic acids is 2. The van der Waals surface area contributed by atoms with Gasteiger partial charge in [0, 0.05) is 21.3 Å². The molecule has 0 saturated carbocycles. The Morgan fingerprint density at radius 3 is 2.33 bits per heavy atom. The summed E-state index contributed by atoms with van der Waals surface area (Å²) in [5, 5.41) is 23.0. The molecular weight excluding hydrogens is 351 g/mol. The molecule has 0 heterocycles. The van der Waals surface area contributed by atoms with Gasteiger partial charge in [0.25, 0.3) is 5.91 Å². The fraction of sp³-hybridized carbons (Fsp3) is 0. The van der Waals surface area contributed by atoms with Gasteiger partial charge in [-0.2, -0.15) is 5.26 Å². The Morgan fingerprint density at radius 1 is 1.12 bits per heavy atom. The Morgan fingerprint density at radius 2 is 1.75 bits per heavy atom. The molecule has 0 bridgehead atoms. The standard InChI is InChI=1S/C17H10Cl2N2O3/c18-14-5-2-6-15(19)13(14)8-11(9-20)16(22)21-12-4-1-3-10(7-12)17(23)24/h1-8H,(H,21,22)(H,23,24)/p-1/b11-8+. The van der Waals surface area contributed by atoms with Crippen molar-refractivity contribution in [2.75, 3.05) is 5.32 Å². The minimum absolute atomic E-state index is 0.0931. The molecule has 2 aromatic rings. The lowest BCUT2D eigenvalue weighted by Crippen LogP contribution is -2.22. The Balaban J connectivity index is 2.30. The van der Waals surface area contributed by atoms with Gasteiger partial charge in [0.15, 0.2) is 0 Å². The van der Waals surface area contributed by atoms with Crippen LogP contribution in [-0.2, 0) is 4.79 Å². The third-order valence-electron chi connectivity index (χ3n) is 3.01. The number of nitrogens with zero attached hydrogens (tertiary/aromatic N) is 1. The third kappa shape index (κ3) is 4.13. The van der Waals surface area contributed by atoms with E-state index in [2.05, 4.69) is 5.32 Å². The molecule has 1 amide bonds. The summed E-state index contributed by atoms with van der Waals surface area (Å²) in [7, 11) is 0. The van der Waals surface area contributed by atoms with Crippen molar-refractivity contribution >= 4 is 46.8 Å². The van der Waals surface area contributed by atoms with Crippen LogP contribution < -0.4 is 10.4 Å². The Kier molecular flexibility index (Phi) is 5.59. The van der Waals surface area contributed by atoms with Gasteiger partial charge in [-0.3, -0.25) is 4.79 Å². The average molecular weight is 360 g/mol. The van der Waals surface area contributed by atoms with Crippen molar-refractivity contribution in [2.45, 2.75) is 0 Å². The van der Waals surface area contributed by atoms with E-state index in [4.69, 9.17) is 23.2 Å². The van der Waals surface area contributed by atoms with Crippen LogP contribution in [0.2, 0.25) is 10.0 Å². The topological polar surface area (TPSA) is 93.0 Å². The van der Waals surface area contributed by atoms with Crippen molar-refractivity contribution in [1.29, 1.82) is 5.26 Å². The molecule has 0 aliphatic carbocycles. The van der Waals surface area contributed by atoms with Crippen molar-refractivity contribution in [3.05, 3.63) is 69.2 Å². The summed E-state index contributed by atoms with van der Waals surface area (Å²) in [6, 6.07) is 12.1. The van der Waals surface area contributed by atoms with E-state index in [-0.39, 0.29) is 16.8 Å². The van der Waals surface area contributed by atoms with Crippen molar-refractivity contribution in [3.63, 3.8) is 0 Å². The van der Waals surface area contributed by atoms with E-state index in [0.29, 0.717) is 15.6 Å². The van der Waals surface area contributed by atoms with Gasteiger partial charge in [-0.25, -0.2) is 0 Å². The van der Waals surface area contributed by atoms with E-state index in [0.717, 1.165) is 0 Å². The van der Waals surface area contributed by atoms with Gasteiger partial charge in [0.1, 0.15) is 11.6 Å². The van der Waals surface area contributed by atoms with Crippen LogP contribution in [0.5, 0.6) is 0 Å². The predicted molar refractivity (Wildman–Crippen MR) is 89.5 cm³/mol. The second-order valence-electron chi connectivity index (χ2n) is 4.63.